The molecule has 0 saturated carbocycles. The summed E-state index contributed by atoms with van der Waals surface area (Å²) in [4.78, 5) is 8.22. The molecule has 0 radical (unpaired) electrons. The standard InChI is InChI=1S/C20H9BF2N4/c22-19-24-12-6-1-4-10-17(12)26(19)14-8-3-9-15-16(14)21(10)11-5-2-7-13-18(11)27(15)20(23)25-13/h1-9H. The average Bonchev–Trinajstić information content (AvgIpc) is 3.19. The summed E-state index contributed by atoms with van der Waals surface area (Å²) in [7, 11) is 0. The van der Waals surface area contributed by atoms with E-state index in [1.54, 1.807) is 9.13 Å². The Morgan fingerprint density at radius 1 is 0.667 bits per heavy atom. The summed E-state index contributed by atoms with van der Waals surface area (Å²) in [6, 6.07) is 17.0. The number of rotatable bonds is 0. The van der Waals surface area contributed by atoms with Crippen LogP contribution in [0.1, 0.15) is 0 Å². The number of hydrogen-bond donors (Lipinski definition) is 0. The molecule has 5 aromatic rings. The lowest BCUT2D eigenvalue weighted by Crippen LogP contribution is -2.59. The Hall–Kier alpha value is -3.48. The summed E-state index contributed by atoms with van der Waals surface area (Å²) in [6.07, 6.45) is -1.11. The van der Waals surface area contributed by atoms with Crippen molar-refractivity contribution in [1.82, 2.24) is 19.1 Å². The molecule has 2 aromatic heterocycles. The van der Waals surface area contributed by atoms with Crippen LogP contribution in [0.15, 0.2) is 54.6 Å². The maximum Gasteiger partial charge on any atom is 0.294 e. The van der Waals surface area contributed by atoms with Gasteiger partial charge >= 0.3 is 0 Å². The lowest BCUT2D eigenvalue weighted by atomic mass is 9.34. The van der Waals surface area contributed by atoms with Gasteiger partial charge in [-0.25, -0.2) is 9.97 Å². The molecule has 126 valence electrons. The van der Waals surface area contributed by atoms with Crippen LogP contribution >= 0.6 is 0 Å². The fourth-order valence-electron chi connectivity index (χ4n) is 4.86. The Morgan fingerprint density at radius 3 is 1.67 bits per heavy atom. The van der Waals surface area contributed by atoms with E-state index in [0.29, 0.717) is 22.4 Å². The van der Waals surface area contributed by atoms with Gasteiger partial charge in [0.25, 0.3) is 18.9 Å². The van der Waals surface area contributed by atoms with Crippen LogP contribution < -0.4 is 16.4 Å². The van der Waals surface area contributed by atoms with Gasteiger partial charge in [0, 0.05) is 11.4 Å². The second-order valence-electron chi connectivity index (χ2n) is 7.01. The van der Waals surface area contributed by atoms with Crippen molar-refractivity contribution in [3.05, 3.63) is 66.8 Å². The number of hydrogen-bond acceptors (Lipinski definition) is 2. The van der Waals surface area contributed by atoms with Crippen LogP contribution in [0, 0.1) is 12.2 Å². The molecular formula is C20H9BF2N4. The number of fused-ring (bicyclic) bond motifs is 4. The summed E-state index contributed by atoms with van der Waals surface area (Å²) in [5.41, 5.74) is 7.03. The zero-order chi connectivity index (χ0) is 17.9. The van der Waals surface area contributed by atoms with Gasteiger partial charge in [-0.05, 0) is 40.7 Å². The minimum absolute atomic E-state index is 0.115. The van der Waals surface area contributed by atoms with Crippen LogP contribution in [0.4, 0.5) is 8.78 Å². The Balaban J connectivity index is 1.79. The third kappa shape index (κ3) is 1.39. The molecule has 0 atom stereocenters. The monoisotopic (exact) mass is 354 g/mol. The van der Waals surface area contributed by atoms with E-state index in [-0.39, 0.29) is 6.71 Å². The molecule has 3 aromatic carbocycles. The number of benzene rings is 3. The van der Waals surface area contributed by atoms with Gasteiger partial charge in [-0.1, -0.05) is 30.3 Å². The topological polar surface area (TPSA) is 35.6 Å². The third-order valence-electron chi connectivity index (χ3n) is 5.79. The molecule has 0 fully saturated rings. The molecule has 4 heterocycles. The molecule has 0 bridgehead atoms. The largest absolute Gasteiger partial charge is 0.294 e. The van der Waals surface area contributed by atoms with Crippen molar-refractivity contribution >= 4 is 45.2 Å². The molecule has 2 aliphatic heterocycles. The highest BCUT2D eigenvalue weighted by molar-refractivity contribution is 7.00. The Morgan fingerprint density at radius 2 is 1.15 bits per heavy atom. The molecule has 0 N–H and O–H groups in total. The number of imidazole rings is 2. The van der Waals surface area contributed by atoms with Crippen molar-refractivity contribution in [2.45, 2.75) is 0 Å². The lowest BCUT2D eigenvalue weighted by molar-refractivity contribution is 0.526. The molecule has 0 amide bonds. The average molecular weight is 354 g/mol. The van der Waals surface area contributed by atoms with E-state index in [4.69, 9.17) is 0 Å². The molecule has 2 aliphatic rings. The summed E-state index contributed by atoms with van der Waals surface area (Å²) >= 11 is 0. The Kier molecular flexibility index (Phi) is 2.16. The van der Waals surface area contributed by atoms with Gasteiger partial charge in [0.2, 0.25) is 0 Å². The van der Waals surface area contributed by atoms with E-state index >= 15 is 0 Å². The first kappa shape index (κ1) is 13.7. The summed E-state index contributed by atoms with van der Waals surface area (Å²) in [5, 5.41) is 0. The van der Waals surface area contributed by atoms with E-state index in [2.05, 4.69) is 9.97 Å². The highest BCUT2D eigenvalue weighted by atomic mass is 19.1. The van der Waals surface area contributed by atoms with Crippen molar-refractivity contribution in [2.75, 3.05) is 0 Å². The predicted octanol–water partition coefficient (Wildman–Crippen LogP) is 1.79. The minimum Gasteiger partial charge on any atom is -0.270 e. The fourth-order valence-corrected chi connectivity index (χ4v) is 4.86. The highest BCUT2D eigenvalue weighted by Gasteiger charge is 2.40. The van der Waals surface area contributed by atoms with Gasteiger partial charge in [-0.3, -0.25) is 9.13 Å². The SMILES string of the molecule is Fc1nc2cccc3c2n1-c1cccc2c1B3c1cccc3nc(F)n-2c13. The zero-order valence-corrected chi connectivity index (χ0v) is 13.8. The maximum atomic E-state index is 14.8. The zero-order valence-electron chi connectivity index (χ0n) is 13.8. The van der Waals surface area contributed by atoms with E-state index in [0.717, 1.165) is 27.4 Å². The molecule has 0 unspecified atom stereocenters. The molecule has 0 saturated heterocycles. The van der Waals surface area contributed by atoms with Crippen LogP contribution in [-0.4, -0.2) is 25.8 Å². The maximum absolute atomic E-state index is 14.8. The van der Waals surface area contributed by atoms with Crippen LogP contribution in [0.5, 0.6) is 0 Å². The summed E-state index contributed by atoms with van der Waals surface area (Å²) < 4.78 is 32.6. The second kappa shape index (κ2) is 4.25. The highest BCUT2D eigenvalue weighted by Crippen LogP contribution is 2.30. The van der Waals surface area contributed by atoms with Gasteiger partial charge in [0.1, 0.15) is 0 Å². The first-order valence-electron chi connectivity index (χ1n) is 8.71. The van der Waals surface area contributed by atoms with Crippen molar-refractivity contribution in [2.24, 2.45) is 0 Å². The molecule has 7 rings (SSSR count). The van der Waals surface area contributed by atoms with Crippen molar-refractivity contribution in [3.63, 3.8) is 0 Å². The molecule has 7 heteroatoms. The van der Waals surface area contributed by atoms with E-state index in [1.807, 2.05) is 54.6 Å². The normalized spacial score (nSPS) is 13.5. The van der Waals surface area contributed by atoms with Crippen molar-refractivity contribution < 1.29 is 8.78 Å². The van der Waals surface area contributed by atoms with Crippen molar-refractivity contribution in [1.29, 1.82) is 0 Å². The first-order valence-corrected chi connectivity index (χ1v) is 8.71. The molecule has 27 heavy (non-hydrogen) atoms. The van der Waals surface area contributed by atoms with E-state index in [9.17, 15) is 8.78 Å². The van der Waals surface area contributed by atoms with Gasteiger partial charge < -0.3 is 0 Å². The minimum atomic E-state index is -0.556. The molecule has 0 spiro atoms. The predicted molar refractivity (Wildman–Crippen MR) is 100 cm³/mol. The van der Waals surface area contributed by atoms with Gasteiger partial charge in [0.15, 0.2) is 0 Å². The quantitative estimate of drug-likeness (QED) is 0.390. The summed E-state index contributed by atoms with van der Waals surface area (Å²) in [6.45, 7) is -0.115. The van der Waals surface area contributed by atoms with Gasteiger partial charge in [-0.15, -0.1) is 0 Å². The molecule has 0 aliphatic carbocycles. The van der Waals surface area contributed by atoms with E-state index in [1.165, 1.54) is 0 Å². The molecular weight excluding hydrogens is 345 g/mol. The number of aromatic nitrogens is 4. The van der Waals surface area contributed by atoms with Crippen molar-refractivity contribution in [3.8, 4) is 11.4 Å². The Bertz CT molecular complexity index is 1360. The van der Waals surface area contributed by atoms with Gasteiger partial charge in [-0.2, -0.15) is 8.78 Å². The van der Waals surface area contributed by atoms with Crippen LogP contribution in [-0.2, 0) is 0 Å². The van der Waals surface area contributed by atoms with Crippen LogP contribution in [0.25, 0.3) is 33.4 Å². The Labute approximate surface area is 151 Å². The summed E-state index contributed by atoms with van der Waals surface area (Å²) in [5.74, 6) is 0. The fraction of sp³-hybridized carbons (Fsp3) is 0. The number of halogens is 2. The molecule has 4 nitrogen and oxygen atoms in total. The van der Waals surface area contributed by atoms with Crippen LogP contribution in [0.3, 0.4) is 0 Å². The lowest BCUT2D eigenvalue weighted by Gasteiger charge is -2.32. The third-order valence-corrected chi connectivity index (χ3v) is 5.79. The second-order valence-corrected chi connectivity index (χ2v) is 7.01. The van der Waals surface area contributed by atoms with Gasteiger partial charge in [0.05, 0.1) is 22.1 Å². The number of para-hydroxylation sites is 2. The van der Waals surface area contributed by atoms with E-state index < -0.39 is 12.2 Å². The smallest absolute Gasteiger partial charge is 0.270 e. The van der Waals surface area contributed by atoms with Crippen LogP contribution in [0.2, 0.25) is 0 Å². The first-order chi connectivity index (χ1) is 13.2. The number of nitrogens with zero attached hydrogens (tertiary/aromatic N) is 4.